The first kappa shape index (κ1) is 21.8. The minimum Gasteiger partial charge on any atom is -0.457 e. The van der Waals surface area contributed by atoms with Gasteiger partial charge in [0.1, 0.15) is 17.4 Å². The summed E-state index contributed by atoms with van der Waals surface area (Å²) in [5.41, 5.74) is 3.83. The van der Waals surface area contributed by atoms with E-state index in [1.807, 2.05) is 75.4 Å². The van der Waals surface area contributed by atoms with Crippen molar-refractivity contribution in [2.45, 2.75) is 32.7 Å². The number of nitrogens with zero attached hydrogens (tertiary/aromatic N) is 1. The first-order valence-electron chi connectivity index (χ1n) is 10.6. The molecule has 6 nitrogen and oxygen atoms in total. The highest BCUT2D eigenvalue weighted by Gasteiger charge is 2.34. The van der Waals surface area contributed by atoms with E-state index in [1.54, 1.807) is 7.11 Å². The zero-order valence-corrected chi connectivity index (χ0v) is 18.8. The van der Waals surface area contributed by atoms with Crippen LogP contribution in [-0.2, 0) is 14.3 Å². The van der Waals surface area contributed by atoms with Crippen molar-refractivity contribution < 1.29 is 23.8 Å². The third-order valence-corrected chi connectivity index (χ3v) is 5.89. The lowest BCUT2D eigenvalue weighted by molar-refractivity contribution is -0.143. The number of hydrogen-bond acceptors (Lipinski definition) is 5. The van der Waals surface area contributed by atoms with Gasteiger partial charge in [-0.1, -0.05) is 36.4 Å². The minimum absolute atomic E-state index is 0.0966. The van der Waals surface area contributed by atoms with E-state index in [0.29, 0.717) is 23.7 Å². The van der Waals surface area contributed by atoms with Crippen LogP contribution in [0.5, 0.6) is 11.5 Å². The van der Waals surface area contributed by atoms with E-state index in [1.165, 1.54) is 0 Å². The third-order valence-electron chi connectivity index (χ3n) is 5.89. The molecule has 0 saturated heterocycles. The van der Waals surface area contributed by atoms with Crippen molar-refractivity contribution in [3.8, 4) is 11.5 Å². The van der Waals surface area contributed by atoms with Gasteiger partial charge in [-0.3, -0.25) is 9.59 Å². The average molecular weight is 434 g/mol. The summed E-state index contributed by atoms with van der Waals surface area (Å²) in [6.45, 7) is 6.12. The van der Waals surface area contributed by atoms with Crippen molar-refractivity contribution in [2.75, 3.05) is 20.3 Å². The molecule has 0 saturated carbocycles. The van der Waals surface area contributed by atoms with Crippen LogP contribution in [0.2, 0.25) is 0 Å². The van der Waals surface area contributed by atoms with Crippen LogP contribution in [0.3, 0.4) is 0 Å². The number of fused-ring (bicyclic) bond motifs is 2. The van der Waals surface area contributed by atoms with E-state index < -0.39 is 11.9 Å². The van der Waals surface area contributed by atoms with Gasteiger partial charge in [0.05, 0.1) is 12.6 Å². The largest absolute Gasteiger partial charge is 0.457 e. The number of aromatic nitrogens is 1. The molecule has 3 aromatic rings. The average Bonchev–Trinajstić information content (AvgIpc) is 3.09. The number of ketones is 1. The Bertz CT molecular complexity index is 1120. The molecule has 166 valence electrons. The number of methoxy groups -OCH3 is 1. The normalized spacial score (nSPS) is 13.6. The van der Waals surface area contributed by atoms with Crippen molar-refractivity contribution in [3.05, 3.63) is 82.7 Å². The Hall–Kier alpha value is -3.38. The van der Waals surface area contributed by atoms with E-state index >= 15 is 0 Å². The standard InChI is InChI=1S/C26H27NO5/c1-16-13-21(18(3)27(16)17(2)14-30-4)22(28)15-31-26(29)25-19-9-5-7-11-23(19)32-24-12-8-6-10-20(24)25/h5-13,17,25H,14-15H2,1-4H3. The Labute approximate surface area is 187 Å². The van der Waals surface area contributed by atoms with Crippen LogP contribution in [-0.4, -0.2) is 36.6 Å². The van der Waals surface area contributed by atoms with Gasteiger partial charge in [-0.15, -0.1) is 0 Å². The first-order valence-corrected chi connectivity index (χ1v) is 10.6. The Balaban J connectivity index is 1.54. The van der Waals surface area contributed by atoms with E-state index in [9.17, 15) is 9.59 Å². The van der Waals surface area contributed by atoms with Crippen LogP contribution in [0.15, 0.2) is 54.6 Å². The number of carbonyl (C=O) groups excluding carboxylic acids is 2. The maximum absolute atomic E-state index is 13.2. The second-order valence-corrected chi connectivity index (χ2v) is 8.10. The van der Waals surface area contributed by atoms with E-state index in [4.69, 9.17) is 14.2 Å². The molecule has 0 aliphatic carbocycles. The number of esters is 1. The number of ether oxygens (including phenoxy) is 3. The van der Waals surface area contributed by atoms with Crippen LogP contribution in [0, 0.1) is 13.8 Å². The van der Waals surface area contributed by atoms with Crippen molar-refractivity contribution in [1.82, 2.24) is 4.57 Å². The van der Waals surface area contributed by atoms with Gasteiger partial charge in [-0.2, -0.15) is 0 Å². The Morgan fingerprint density at radius 2 is 1.62 bits per heavy atom. The van der Waals surface area contributed by atoms with Gasteiger partial charge in [-0.25, -0.2) is 0 Å². The Morgan fingerprint density at radius 3 is 2.22 bits per heavy atom. The van der Waals surface area contributed by atoms with Gasteiger partial charge in [0, 0.05) is 35.2 Å². The summed E-state index contributed by atoms with van der Waals surface area (Å²) in [4.78, 5) is 26.1. The fourth-order valence-corrected chi connectivity index (χ4v) is 4.51. The quantitative estimate of drug-likeness (QED) is 0.389. The van der Waals surface area contributed by atoms with Crippen molar-refractivity contribution in [3.63, 3.8) is 0 Å². The number of benzene rings is 2. The predicted octanol–water partition coefficient (Wildman–Crippen LogP) is 4.98. The molecule has 0 amide bonds. The summed E-state index contributed by atoms with van der Waals surface area (Å²) in [6, 6.07) is 16.7. The first-order chi connectivity index (χ1) is 15.4. The van der Waals surface area contributed by atoms with Crippen molar-refractivity contribution in [1.29, 1.82) is 0 Å². The molecule has 2 heterocycles. The lowest BCUT2D eigenvalue weighted by Gasteiger charge is -2.26. The molecule has 1 unspecified atom stereocenters. The monoisotopic (exact) mass is 433 g/mol. The second kappa shape index (κ2) is 9.01. The van der Waals surface area contributed by atoms with Gasteiger partial charge in [0.2, 0.25) is 5.78 Å². The van der Waals surface area contributed by atoms with Gasteiger partial charge in [0.15, 0.2) is 6.61 Å². The number of rotatable bonds is 7. The van der Waals surface area contributed by atoms with Crippen LogP contribution >= 0.6 is 0 Å². The highest BCUT2D eigenvalue weighted by atomic mass is 16.5. The number of para-hydroxylation sites is 2. The minimum atomic E-state index is -0.641. The van der Waals surface area contributed by atoms with E-state index in [-0.39, 0.29) is 18.4 Å². The number of hydrogen-bond donors (Lipinski definition) is 0. The molecule has 0 radical (unpaired) electrons. The van der Waals surface area contributed by atoms with Gasteiger partial charge in [0.25, 0.3) is 0 Å². The number of aryl methyl sites for hydroxylation is 1. The Morgan fingerprint density at radius 1 is 1.03 bits per heavy atom. The molecule has 1 aromatic heterocycles. The molecule has 1 aliphatic rings. The van der Waals surface area contributed by atoms with Crippen LogP contribution in [0.25, 0.3) is 0 Å². The summed E-state index contributed by atoms with van der Waals surface area (Å²) >= 11 is 0. The molecule has 0 fully saturated rings. The summed E-state index contributed by atoms with van der Waals surface area (Å²) in [6.07, 6.45) is 0. The zero-order chi connectivity index (χ0) is 22.8. The smallest absolute Gasteiger partial charge is 0.318 e. The predicted molar refractivity (Wildman–Crippen MR) is 121 cm³/mol. The summed E-state index contributed by atoms with van der Waals surface area (Å²) < 4.78 is 18.8. The molecule has 0 N–H and O–H groups in total. The molecule has 32 heavy (non-hydrogen) atoms. The fourth-order valence-electron chi connectivity index (χ4n) is 4.51. The van der Waals surface area contributed by atoms with Gasteiger partial charge < -0.3 is 18.8 Å². The number of Topliss-reactive ketones (excluding diaryl/α,β-unsaturated/α-hetero) is 1. The molecule has 0 bridgehead atoms. The summed E-state index contributed by atoms with van der Waals surface area (Å²) in [7, 11) is 1.66. The molecule has 0 spiro atoms. The van der Waals surface area contributed by atoms with Crippen molar-refractivity contribution in [2.24, 2.45) is 0 Å². The molecule has 1 atom stereocenters. The molecule has 6 heteroatoms. The zero-order valence-electron chi connectivity index (χ0n) is 18.8. The Kier molecular flexibility index (Phi) is 6.15. The highest BCUT2D eigenvalue weighted by Crippen LogP contribution is 2.44. The van der Waals surface area contributed by atoms with Crippen molar-refractivity contribution >= 4 is 11.8 Å². The maximum Gasteiger partial charge on any atom is 0.318 e. The van der Waals surface area contributed by atoms with Gasteiger partial charge >= 0.3 is 5.97 Å². The van der Waals surface area contributed by atoms with E-state index in [2.05, 4.69) is 4.57 Å². The van der Waals surface area contributed by atoms with Crippen LogP contribution in [0.4, 0.5) is 0 Å². The number of carbonyl (C=O) groups is 2. The molecular weight excluding hydrogens is 406 g/mol. The lowest BCUT2D eigenvalue weighted by atomic mass is 9.88. The molecular formula is C26H27NO5. The second-order valence-electron chi connectivity index (χ2n) is 8.10. The topological polar surface area (TPSA) is 66.8 Å². The summed E-state index contributed by atoms with van der Waals surface area (Å²) in [5.74, 6) is -0.0949. The fraction of sp³-hybridized carbons (Fsp3) is 0.308. The summed E-state index contributed by atoms with van der Waals surface area (Å²) in [5, 5.41) is 0. The maximum atomic E-state index is 13.2. The van der Waals surface area contributed by atoms with Gasteiger partial charge in [-0.05, 0) is 39.0 Å². The third kappa shape index (κ3) is 3.94. The SMILES string of the molecule is COCC(C)n1c(C)cc(C(=O)COC(=O)C2c3ccccc3Oc3ccccc32)c1C. The molecule has 2 aromatic carbocycles. The highest BCUT2D eigenvalue weighted by molar-refractivity contribution is 5.99. The van der Waals surface area contributed by atoms with Crippen LogP contribution in [0.1, 0.15) is 51.8 Å². The van der Waals surface area contributed by atoms with Crippen LogP contribution < -0.4 is 4.74 Å². The lowest BCUT2D eigenvalue weighted by Crippen LogP contribution is -2.24. The molecule has 1 aliphatic heterocycles. The van der Waals surface area contributed by atoms with E-state index in [0.717, 1.165) is 22.5 Å². The molecule has 4 rings (SSSR count).